The van der Waals surface area contributed by atoms with E-state index in [1.807, 2.05) is 0 Å². The Kier molecular flexibility index (Phi) is 5.96. The van der Waals surface area contributed by atoms with Gasteiger partial charge in [-0.15, -0.1) is 0 Å². The highest BCUT2D eigenvalue weighted by Gasteiger charge is 2.12. The van der Waals surface area contributed by atoms with Crippen LogP contribution in [0.1, 0.15) is 19.8 Å². The molecule has 0 aromatic heterocycles. The molecule has 1 unspecified atom stereocenters. The van der Waals surface area contributed by atoms with Gasteiger partial charge in [-0.1, -0.05) is 6.58 Å². The van der Waals surface area contributed by atoms with Crippen LogP contribution in [0.15, 0.2) is 12.7 Å². The summed E-state index contributed by atoms with van der Waals surface area (Å²) in [5.41, 5.74) is 0. The fraction of sp³-hybridized carbons (Fsp3) is 0.444. The van der Waals surface area contributed by atoms with E-state index in [-0.39, 0.29) is 12.8 Å². The third-order valence-electron chi connectivity index (χ3n) is 1.22. The lowest BCUT2D eigenvalue weighted by Gasteiger charge is -2.05. The summed E-state index contributed by atoms with van der Waals surface area (Å²) < 4.78 is 8.52. The van der Waals surface area contributed by atoms with Crippen LogP contribution in [-0.2, 0) is 23.9 Å². The number of aliphatic hydroxyl groups excluding tert-OH is 1. The van der Waals surface area contributed by atoms with E-state index < -0.39 is 24.2 Å². The van der Waals surface area contributed by atoms with Gasteiger partial charge < -0.3 is 14.6 Å². The summed E-state index contributed by atoms with van der Waals surface area (Å²) in [4.78, 5) is 32.2. The van der Waals surface area contributed by atoms with E-state index >= 15 is 0 Å². The Labute approximate surface area is 86.5 Å². The molecule has 1 atom stereocenters. The molecule has 6 nitrogen and oxygen atoms in total. The molecule has 0 saturated carbocycles. The zero-order valence-electron chi connectivity index (χ0n) is 8.26. The van der Waals surface area contributed by atoms with Crippen molar-refractivity contribution >= 4 is 17.9 Å². The smallest absolute Gasteiger partial charge is 0.337 e. The van der Waals surface area contributed by atoms with Crippen molar-refractivity contribution in [3.8, 4) is 0 Å². The van der Waals surface area contributed by atoms with Crippen LogP contribution in [0.25, 0.3) is 0 Å². The van der Waals surface area contributed by atoms with Crippen molar-refractivity contribution in [1.82, 2.24) is 0 Å². The molecule has 0 rings (SSSR count). The van der Waals surface area contributed by atoms with E-state index in [4.69, 9.17) is 5.11 Å². The maximum absolute atomic E-state index is 10.8. The standard InChI is InChI=1S/C9H12O6/c1-3-7(11)15-9(13)5-4-8(12)14-6(2)10/h3,6,10H,1,4-5H2,2H3. The zero-order chi connectivity index (χ0) is 11.8. The minimum atomic E-state index is -1.22. The molecule has 0 bridgehead atoms. The van der Waals surface area contributed by atoms with Crippen molar-refractivity contribution in [2.45, 2.75) is 26.1 Å². The van der Waals surface area contributed by atoms with Crippen LogP contribution in [0.5, 0.6) is 0 Å². The van der Waals surface area contributed by atoms with Crippen molar-refractivity contribution in [3.05, 3.63) is 12.7 Å². The zero-order valence-corrected chi connectivity index (χ0v) is 8.26. The molecular formula is C9H12O6. The third kappa shape index (κ3) is 7.39. The Hall–Kier alpha value is -1.69. The molecule has 0 fully saturated rings. The summed E-state index contributed by atoms with van der Waals surface area (Å²) in [5, 5.41) is 8.64. The quantitative estimate of drug-likeness (QED) is 0.299. The Morgan fingerprint density at radius 3 is 2.33 bits per heavy atom. The molecule has 84 valence electrons. The number of hydrogen-bond acceptors (Lipinski definition) is 6. The van der Waals surface area contributed by atoms with Gasteiger partial charge in [-0.05, 0) is 6.92 Å². The molecule has 0 amide bonds. The Bertz CT molecular complexity index is 268. The van der Waals surface area contributed by atoms with E-state index in [0.29, 0.717) is 0 Å². The average molecular weight is 216 g/mol. The summed E-state index contributed by atoms with van der Waals surface area (Å²) in [7, 11) is 0. The second kappa shape index (κ2) is 6.72. The number of carbonyl (C=O) groups is 3. The Morgan fingerprint density at radius 1 is 1.33 bits per heavy atom. The first-order chi connectivity index (χ1) is 6.95. The van der Waals surface area contributed by atoms with Crippen LogP contribution < -0.4 is 0 Å². The number of rotatable bonds is 5. The first-order valence-electron chi connectivity index (χ1n) is 4.20. The average Bonchev–Trinajstić information content (AvgIpc) is 2.13. The van der Waals surface area contributed by atoms with Gasteiger partial charge in [0.15, 0.2) is 6.29 Å². The molecule has 0 radical (unpaired) electrons. The number of ether oxygens (including phenoxy) is 2. The van der Waals surface area contributed by atoms with E-state index in [1.165, 1.54) is 6.92 Å². The summed E-state index contributed by atoms with van der Waals surface area (Å²) in [6, 6.07) is 0. The second-order valence-corrected chi connectivity index (χ2v) is 2.59. The lowest BCUT2D eigenvalue weighted by Crippen LogP contribution is -2.16. The molecule has 0 aliphatic heterocycles. The highest BCUT2D eigenvalue weighted by atomic mass is 16.6. The summed E-state index contributed by atoms with van der Waals surface area (Å²) in [6.07, 6.45) is -0.922. The lowest BCUT2D eigenvalue weighted by molar-refractivity contribution is -0.168. The topological polar surface area (TPSA) is 89.9 Å². The van der Waals surface area contributed by atoms with Crippen molar-refractivity contribution in [2.75, 3.05) is 0 Å². The highest BCUT2D eigenvalue weighted by Crippen LogP contribution is 1.98. The Morgan fingerprint density at radius 2 is 1.87 bits per heavy atom. The SMILES string of the molecule is C=CC(=O)OC(=O)CCC(=O)OC(C)O. The summed E-state index contributed by atoms with van der Waals surface area (Å²) in [6.45, 7) is 4.36. The molecular weight excluding hydrogens is 204 g/mol. The fourth-order valence-electron chi connectivity index (χ4n) is 0.658. The van der Waals surface area contributed by atoms with Gasteiger partial charge in [0.25, 0.3) is 0 Å². The van der Waals surface area contributed by atoms with Gasteiger partial charge in [-0.25, -0.2) is 4.79 Å². The van der Waals surface area contributed by atoms with Gasteiger partial charge in [0.05, 0.1) is 12.8 Å². The Balaban J connectivity index is 3.76. The predicted octanol–water partition coefficient (Wildman–Crippen LogP) is -0.0961. The molecule has 0 aliphatic carbocycles. The monoisotopic (exact) mass is 216 g/mol. The van der Waals surface area contributed by atoms with Crippen LogP contribution in [0.3, 0.4) is 0 Å². The lowest BCUT2D eigenvalue weighted by atomic mass is 10.3. The van der Waals surface area contributed by atoms with Crippen LogP contribution in [0.2, 0.25) is 0 Å². The maximum atomic E-state index is 10.8. The van der Waals surface area contributed by atoms with Gasteiger partial charge >= 0.3 is 17.9 Å². The minimum absolute atomic E-state index is 0.256. The van der Waals surface area contributed by atoms with Crippen LogP contribution in [-0.4, -0.2) is 29.3 Å². The highest BCUT2D eigenvalue weighted by molar-refractivity contribution is 5.92. The van der Waals surface area contributed by atoms with Crippen molar-refractivity contribution in [2.24, 2.45) is 0 Å². The molecule has 0 aromatic rings. The van der Waals surface area contributed by atoms with Crippen LogP contribution in [0, 0.1) is 0 Å². The van der Waals surface area contributed by atoms with Gasteiger partial charge in [0, 0.05) is 6.08 Å². The van der Waals surface area contributed by atoms with Crippen LogP contribution in [0.4, 0.5) is 0 Å². The fourth-order valence-corrected chi connectivity index (χ4v) is 0.658. The van der Waals surface area contributed by atoms with Gasteiger partial charge in [-0.2, -0.15) is 0 Å². The van der Waals surface area contributed by atoms with Gasteiger partial charge in [0.2, 0.25) is 0 Å². The molecule has 0 saturated heterocycles. The maximum Gasteiger partial charge on any atom is 0.337 e. The molecule has 0 spiro atoms. The van der Waals surface area contributed by atoms with Crippen LogP contribution >= 0.6 is 0 Å². The van der Waals surface area contributed by atoms with E-state index in [2.05, 4.69) is 16.1 Å². The summed E-state index contributed by atoms with van der Waals surface area (Å²) in [5.74, 6) is -2.46. The normalized spacial score (nSPS) is 11.3. The van der Waals surface area contributed by atoms with Crippen molar-refractivity contribution < 1.29 is 29.0 Å². The molecule has 6 heteroatoms. The summed E-state index contributed by atoms with van der Waals surface area (Å²) >= 11 is 0. The molecule has 1 N–H and O–H groups in total. The number of aliphatic hydroxyl groups is 1. The predicted molar refractivity (Wildman–Crippen MR) is 48.3 cm³/mol. The number of esters is 3. The first-order valence-corrected chi connectivity index (χ1v) is 4.20. The van der Waals surface area contributed by atoms with Gasteiger partial charge in [0.1, 0.15) is 0 Å². The van der Waals surface area contributed by atoms with Crippen molar-refractivity contribution in [1.29, 1.82) is 0 Å². The van der Waals surface area contributed by atoms with Crippen molar-refractivity contribution in [3.63, 3.8) is 0 Å². The van der Waals surface area contributed by atoms with E-state index in [1.54, 1.807) is 0 Å². The molecule has 0 aliphatic rings. The third-order valence-corrected chi connectivity index (χ3v) is 1.22. The number of carbonyl (C=O) groups excluding carboxylic acids is 3. The minimum Gasteiger partial charge on any atom is -0.436 e. The molecule has 0 aromatic carbocycles. The number of hydrogen-bond donors (Lipinski definition) is 1. The van der Waals surface area contributed by atoms with E-state index in [0.717, 1.165) is 6.08 Å². The van der Waals surface area contributed by atoms with Gasteiger partial charge in [-0.3, -0.25) is 9.59 Å². The molecule has 15 heavy (non-hydrogen) atoms. The first kappa shape index (κ1) is 13.3. The van der Waals surface area contributed by atoms with E-state index in [9.17, 15) is 14.4 Å². The molecule has 0 heterocycles. The largest absolute Gasteiger partial charge is 0.436 e. The second-order valence-electron chi connectivity index (χ2n) is 2.59.